The van der Waals surface area contributed by atoms with Crippen LogP contribution in [0.1, 0.15) is 58.8 Å². The van der Waals surface area contributed by atoms with Crippen LogP contribution in [0, 0.1) is 5.92 Å². The highest BCUT2D eigenvalue weighted by Gasteiger charge is 2.26. The van der Waals surface area contributed by atoms with Crippen LogP contribution in [-0.2, 0) is 14.3 Å². The number of esters is 1. The van der Waals surface area contributed by atoms with Crippen molar-refractivity contribution in [3.05, 3.63) is 0 Å². The molecule has 19 heavy (non-hydrogen) atoms. The second-order valence-corrected chi connectivity index (χ2v) is 5.80. The number of hydrogen-bond acceptors (Lipinski definition) is 3. The third kappa shape index (κ3) is 5.62. The van der Waals surface area contributed by atoms with Crippen LogP contribution in [0.2, 0.25) is 0 Å². The third-order valence-corrected chi connectivity index (χ3v) is 3.70. The number of methoxy groups -OCH3 is 1. The Morgan fingerprint density at radius 3 is 2.37 bits per heavy atom. The molecule has 1 saturated carbocycles. The summed E-state index contributed by atoms with van der Waals surface area (Å²) < 4.78 is 4.67. The fourth-order valence-electron chi connectivity index (χ4n) is 2.68. The van der Waals surface area contributed by atoms with Crippen molar-refractivity contribution in [1.29, 1.82) is 0 Å². The molecule has 0 radical (unpaired) electrons. The van der Waals surface area contributed by atoms with Crippen LogP contribution in [0.4, 0.5) is 0 Å². The number of carbonyl (C=O) groups is 2. The molecular formula is C15H27NO3. The van der Waals surface area contributed by atoms with Crippen molar-refractivity contribution in [3.63, 3.8) is 0 Å². The molecule has 0 aromatic heterocycles. The molecule has 0 aliphatic heterocycles. The molecule has 0 heterocycles. The Morgan fingerprint density at radius 2 is 1.84 bits per heavy atom. The molecule has 0 aromatic rings. The van der Waals surface area contributed by atoms with Crippen LogP contribution in [0.25, 0.3) is 0 Å². The van der Waals surface area contributed by atoms with Gasteiger partial charge < -0.3 is 9.64 Å². The Bertz CT molecular complexity index is 296. The van der Waals surface area contributed by atoms with Crippen molar-refractivity contribution in [2.45, 2.75) is 64.8 Å². The minimum Gasteiger partial charge on any atom is -0.469 e. The highest BCUT2D eigenvalue weighted by Crippen LogP contribution is 2.24. The lowest BCUT2D eigenvalue weighted by atomic mass is 9.93. The Kier molecular flexibility index (Phi) is 6.89. The largest absolute Gasteiger partial charge is 0.469 e. The minimum absolute atomic E-state index is 0.186. The average molecular weight is 269 g/mol. The molecule has 1 aliphatic carbocycles. The molecule has 0 bridgehead atoms. The smallest absolute Gasteiger partial charge is 0.307 e. The van der Waals surface area contributed by atoms with Crippen LogP contribution in [-0.4, -0.2) is 36.5 Å². The lowest BCUT2D eigenvalue weighted by molar-refractivity contribution is -0.142. The second-order valence-electron chi connectivity index (χ2n) is 5.80. The summed E-state index contributed by atoms with van der Waals surface area (Å²) in [7, 11) is 1.39. The lowest BCUT2D eigenvalue weighted by Gasteiger charge is -2.34. The van der Waals surface area contributed by atoms with Crippen molar-refractivity contribution in [3.8, 4) is 0 Å². The number of rotatable bonds is 6. The van der Waals surface area contributed by atoms with Gasteiger partial charge in [0, 0.05) is 19.0 Å². The predicted octanol–water partition coefficient (Wildman–Crippen LogP) is 2.76. The summed E-state index contributed by atoms with van der Waals surface area (Å²) in [4.78, 5) is 25.5. The van der Waals surface area contributed by atoms with Gasteiger partial charge in [0.2, 0.25) is 5.91 Å². The fourth-order valence-corrected chi connectivity index (χ4v) is 2.68. The molecule has 4 nitrogen and oxygen atoms in total. The maximum Gasteiger partial charge on any atom is 0.307 e. The van der Waals surface area contributed by atoms with Gasteiger partial charge in [-0.2, -0.15) is 0 Å². The number of ether oxygens (including phenoxy) is 1. The summed E-state index contributed by atoms with van der Waals surface area (Å²) in [6.07, 6.45) is 6.66. The molecule has 1 aliphatic rings. The van der Waals surface area contributed by atoms with Crippen LogP contribution in [0.3, 0.4) is 0 Å². The van der Waals surface area contributed by atoms with E-state index in [0.717, 1.165) is 12.8 Å². The summed E-state index contributed by atoms with van der Waals surface area (Å²) in [5, 5.41) is 0. The molecule has 110 valence electrons. The number of amides is 1. The Hall–Kier alpha value is -1.06. The molecule has 1 fully saturated rings. The fraction of sp³-hybridized carbons (Fsp3) is 0.867. The molecule has 1 amide bonds. The summed E-state index contributed by atoms with van der Waals surface area (Å²) in [5.41, 5.74) is 0. The average Bonchev–Trinajstić information content (AvgIpc) is 2.39. The van der Waals surface area contributed by atoms with E-state index in [4.69, 9.17) is 0 Å². The molecule has 0 saturated heterocycles. The van der Waals surface area contributed by atoms with Gasteiger partial charge in [-0.1, -0.05) is 33.1 Å². The van der Waals surface area contributed by atoms with Gasteiger partial charge in [0.05, 0.1) is 13.5 Å². The van der Waals surface area contributed by atoms with Gasteiger partial charge in [-0.05, 0) is 18.8 Å². The topological polar surface area (TPSA) is 46.6 Å². The van der Waals surface area contributed by atoms with Gasteiger partial charge in [0.15, 0.2) is 0 Å². The SMILES string of the molecule is COC(=O)CCN(C(=O)CC(C)C)C1CCCCC1. The zero-order chi connectivity index (χ0) is 14.3. The standard InChI is InChI=1S/C15H27NO3/c1-12(2)11-14(17)16(10-9-15(18)19-3)13-7-5-4-6-8-13/h12-13H,4-11H2,1-3H3. The zero-order valence-electron chi connectivity index (χ0n) is 12.5. The van der Waals surface area contributed by atoms with E-state index in [1.807, 2.05) is 4.90 Å². The van der Waals surface area contributed by atoms with Gasteiger partial charge in [-0.15, -0.1) is 0 Å². The van der Waals surface area contributed by atoms with Crippen molar-refractivity contribution in [1.82, 2.24) is 4.90 Å². The first-order valence-corrected chi connectivity index (χ1v) is 7.41. The van der Waals surface area contributed by atoms with Crippen LogP contribution in [0.5, 0.6) is 0 Å². The van der Waals surface area contributed by atoms with Crippen molar-refractivity contribution < 1.29 is 14.3 Å². The van der Waals surface area contributed by atoms with E-state index in [0.29, 0.717) is 31.3 Å². The predicted molar refractivity (Wildman–Crippen MR) is 74.7 cm³/mol. The number of carbonyl (C=O) groups excluding carboxylic acids is 2. The van der Waals surface area contributed by atoms with Gasteiger partial charge in [-0.25, -0.2) is 0 Å². The Labute approximate surface area is 116 Å². The monoisotopic (exact) mass is 269 g/mol. The van der Waals surface area contributed by atoms with Gasteiger partial charge in [-0.3, -0.25) is 9.59 Å². The van der Waals surface area contributed by atoms with E-state index in [-0.39, 0.29) is 11.9 Å². The van der Waals surface area contributed by atoms with Gasteiger partial charge in [0.25, 0.3) is 0 Å². The molecule has 4 heteroatoms. The number of hydrogen-bond donors (Lipinski definition) is 0. The first-order valence-electron chi connectivity index (χ1n) is 7.41. The van der Waals surface area contributed by atoms with E-state index in [1.54, 1.807) is 0 Å². The van der Waals surface area contributed by atoms with E-state index < -0.39 is 0 Å². The summed E-state index contributed by atoms with van der Waals surface area (Å²) in [6, 6.07) is 0.324. The van der Waals surface area contributed by atoms with Gasteiger partial charge >= 0.3 is 5.97 Å². The maximum absolute atomic E-state index is 12.3. The van der Waals surface area contributed by atoms with Gasteiger partial charge in [0.1, 0.15) is 0 Å². The highest BCUT2D eigenvalue weighted by atomic mass is 16.5. The molecule has 0 unspecified atom stereocenters. The Morgan fingerprint density at radius 1 is 1.21 bits per heavy atom. The van der Waals surface area contributed by atoms with Crippen molar-refractivity contribution in [2.75, 3.05) is 13.7 Å². The molecular weight excluding hydrogens is 242 g/mol. The second kappa shape index (κ2) is 8.18. The quantitative estimate of drug-likeness (QED) is 0.697. The van der Waals surface area contributed by atoms with Crippen molar-refractivity contribution in [2.24, 2.45) is 5.92 Å². The summed E-state index contributed by atoms with van der Waals surface area (Å²) in [5.74, 6) is 0.306. The van der Waals surface area contributed by atoms with E-state index in [1.165, 1.54) is 26.4 Å². The van der Waals surface area contributed by atoms with Crippen molar-refractivity contribution >= 4 is 11.9 Å². The van der Waals surface area contributed by atoms with E-state index in [2.05, 4.69) is 18.6 Å². The minimum atomic E-state index is -0.238. The molecule has 0 aromatic carbocycles. The normalized spacial score (nSPS) is 16.4. The lowest BCUT2D eigenvalue weighted by Crippen LogP contribution is -2.43. The highest BCUT2D eigenvalue weighted by molar-refractivity contribution is 5.77. The first-order chi connectivity index (χ1) is 9.04. The maximum atomic E-state index is 12.3. The van der Waals surface area contributed by atoms with E-state index in [9.17, 15) is 9.59 Å². The first kappa shape index (κ1) is 16.0. The summed E-state index contributed by atoms with van der Waals surface area (Å²) in [6.45, 7) is 4.61. The van der Waals surface area contributed by atoms with Crippen LogP contribution < -0.4 is 0 Å². The number of nitrogens with zero attached hydrogens (tertiary/aromatic N) is 1. The van der Waals surface area contributed by atoms with Crippen LogP contribution >= 0.6 is 0 Å². The molecule has 0 atom stereocenters. The Balaban J connectivity index is 2.60. The molecule has 0 spiro atoms. The molecule has 0 N–H and O–H groups in total. The summed E-state index contributed by atoms with van der Waals surface area (Å²) >= 11 is 0. The third-order valence-electron chi connectivity index (χ3n) is 3.70. The molecule has 1 rings (SSSR count). The van der Waals surface area contributed by atoms with Crippen LogP contribution in [0.15, 0.2) is 0 Å². The zero-order valence-corrected chi connectivity index (χ0v) is 12.5. The van der Waals surface area contributed by atoms with E-state index >= 15 is 0 Å².